The average molecular weight is 420 g/mol. The highest BCUT2D eigenvalue weighted by atomic mass is 35.5. The SMILES string of the molecule is CCOCCOc1nc(-c2ccc(C)cc2)n(C(=O)c2ccc(Cl)c(Cl)c2)n1. The van der Waals surface area contributed by atoms with Crippen LogP contribution in [0.2, 0.25) is 10.0 Å². The van der Waals surface area contributed by atoms with Crippen LogP contribution in [0.5, 0.6) is 6.01 Å². The van der Waals surface area contributed by atoms with E-state index in [0.717, 1.165) is 11.1 Å². The highest BCUT2D eigenvalue weighted by Gasteiger charge is 2.20. The normalized spacial score (nSPS) is 10.9. The number of aryl methyl sites for hydroxylation is 1. The summed E-state index contributed by atoms with van der Waals surface area (Å²) in [6.45, 7) is 5.17. The van der Waals surface area contributed by atoms with Crippen LogP contribution in [0.25, 0.3) is 11.4 Å². The van der Waals surface area contributed by atoms with Gasteiger partial charge in [0, 0.05) is 17.7 Å². The molecule has 2 aromatic carbocycles. The lowest BCUT2D eigenvalue weighted by atomic mass is 10.1. The molecule has 0 spiro atoms. The number of halogens is 2. The minimum Gasteiger partial charge on any atom is -0.460 e. The summed E-state index contributed by atoms with van der Waals surface area (Å²) in [5.74, 6) is -0.0104. The molecule has 0 atom stereocenters. The molecule has 3 rings (SSSR count). The van der Waals surface area contributed by atoms with E-state index in [1.807, 2.05) is 38.1 Å². The van der Waals surface area contributed by atoms with Crippen molar-refractivity contribution in [2.75, 3.05) is 19.8 Å². The molecule has 0 fully saturated rings. The van der Waals surface area contributed by atoms with Crippen LogP contribution < -0.4 is 4.74 Å². The third-order valence-electron chi connectivity index (χ3n) is 3.92. The van der Waals surface area contributed by atoms with Gasteiger partial charge in [-0.3, -0.25) is 4.79 Å². The Labute approximate surface area is 173 Å². The predicted octanol–water partition coefficient (Wildman–Crippen LogP) is 4.66. The maximum Gasteiger partial charge on any atom is 0.336 e. The van der Waals surface area contributed by atoms with Gasteiger partial charge in [-0.2, -0.15) is 9.67 Å². The number of ether oxygens (including phenoxy) is 2. The van der Waals surface area contributed by atoms with Gasteiger partial charge in [0.05, 0.1) is 16.7 Å². The number of carbonyl (C=O) groups excluding carboxylic acids is 1. The molecule has 0 radical (unpaired) electrons. The van der Waals surface area contributed by atoms with Gasteiger partial charge >= 0.3 is 6.01 Å². The highest BCUT2D eigenvalue weighted by Crippen LogP contribution is 2.25. The zero-order valence-corrected chi connectivity index (χ0v) is 17.0. The Morgan fingerprint density at radius 1 is 1.07 bits per heavy atom. The molecule has 0 aliphatic rings. The molecule has 0 saturated heterocycles. The van der Waals surface area contributed by atoms with E-state index in [2.05, 4.69) is 10.1 Å². The molecule has 3 aromatic rings. The summed E-state index contributed by atoms with van der Waals surface area (Å²) in [6, 6.07) is 12.4. The van der Waals surface area contributed by atoms with Crippen LogP contribution >= 0.6 is 23.2 Å². The van der Waals surface area contributed by atoms with Crippen LogP contribution in [-0.2, 0) is 4.74 Å². The van der Waals surface area contributed by atoms with E-state index in [4.69, 9.17) is 32.7 Å². The van der Waals surface area contributed by atoms with Crippen LogP contribution in [0.1, 0.15) is 22.8 Å². The maximum absolute atomic E-state index is 13.0. The number of nitrogens with zero attached hydrogens (tertiary/aromatic N) is 3. The summed E-state index contributed by atoms with van der Waals surface area (Å²) < 4.78 is 12.0. The van der Waals surface area contributed by atoms with E-state index in [-0.39, 0.29) is 23.5 Å². The summed E-state index contributed by atoms with van der Waals surface area (Å²) in [5, 5.41) is 4.90. The first-order valence-corrected chi connectivity index (χ1v) is 9.49. The second-order valence-corrected chi connectivity index (χ2v) is 6.79. The van der Waals surface area contributed by atoms with E-state index in [1.165, 1.54) is 10.7 Å². The number of hydrogen-bond acceptors (Lipinski definition) is 5. The molecule has 146 valence electrons. The van der Waals surface area contributed by atoms with Gasteiger partial charge in [0.25, 0.3) is 5.91 Å². The first-order valence-electron chi connectivity index (χ1n) is 8.74. The Morgan fingerprint density at radius 2 is 1.82 bits per heavy atom. The van der Waals surface area contributed by atoms with Crippen LogP contribution in [0, 0.1) is 6.92 Å². The van der Waals surface area contributed by atoms with E-state index in [0.29, 0.717) is 29.6 Å². The topological polar surface area (TPSA) is 66.2 Å². The van der Waals surface area contributed by atoms with Crippen molar-refractivity contribution in [3.8, 4) is 17.4 Å². The Kier molecular flexibility index (Phi) is 6.67. The van der Waals surface area contributed by atoms with Gasteiger partial charge in [0.1, 0.15) is 6.61 Å². The lowest BCUT2D eigenvalue weighted by Crippen LogP contribution is -2.15. The van der Waals surface area contributed by atoms with Crippen molar-refractivity contribution >= 4 is 29.1 Å². The maximum atomic E-state index is 13.0. The molecule has 6 nitrogen and oxygen atoms in total. The molecular weight excluding hydrogens is 401 g/mol. The second kappa shape index (κ2) is 9.19. The number of carbonyl (C=O) groups is 1. The Hall–Kier alpha value is -2.41. The summed E-state index contributed by atoms with van der Waals surface area (Å²) in [7, 11) is 0. The zero-order valence-electron chi connectivity index (χ0n) is 15.5. The summed E-state index contributed by atoms with van der Waals surface area (Å²) in [4.78, 5) is 17.4. The van der Waals surface area contributed by atoms with Crippen molar-refractivity contribution in [1.82, 2.24) is 14.8 Å². The van der Waals surface area contributed by atoms with Crippen molar-refractivity contribution < 1.29 is 14.3 Å². The van der Waals surface area contributed by atoms with Gasteiger partial charge in [-0.05, 0) is 32.0 Å². The Morgan fingerprint density at radius 3 is 2.50 bits per heavy atom. The fraction of sp³-hybridized carbons (Fsp3) is 0.250. The van der Waals surface area contributed by atoms with Crippen molar-refractivity contribution in [3.63, 3.8) is 0 Å². The average Bonchev–Trinajstić information content (AvgIpc) is 3.11. The first kappa shape index (κ1) is 20.3. The molecule has 1 aromatic heterocycles. The Bertz CT molecular complexity index is 971. The van der Waals surface area contributed by atoms with Crippen molar-refractivity contribution in [3.05, 3.63) is 63.6 Å². The number of hydrogen-bond donors (Lipinski definition) is 0. The van der Waals surface area contributed by atoms with Crippen LogP contribution in [0.4, 0.5) is 0 Å². The summed E-state index contributed by atoms with van der Waals surface area (Å²) in [5.41, 5.74) is 2.18. The molecule has 0 N–H and O–H groups in total. The number of aromatic nitrogens is 3. The molecular formula is C20H19Cl2N3O3. The van der Waals surface area contributed by atoms with Gasteiger partial charge in [-0.25, -0.2) is 0 Å². The number of rotatable bonds is 7. The summed E-state index contributed by atoms with van der Waals surface area (Å²) in [6.07, 6.45) is 0. The van der Waals surface area contributed by atoms with Gasteiger partial charge in [-0.15, -0.1) is 5.10 Å². The standard InChI is InChI=1S/C20H19Cl2N3O3/c1-3-27-10-11-28-20-23-18(14-6-4-13(2)5-7-14)25(24-20)19(26)15-8-9-16(21)17(22)12-15/h4-9,12H,3,10-11H2,1-2H3. The van der Waals surface area contributed by atoms with E-state index in [1.54, 1.807) is 12.1 Å². The quantitative estimate of drug-likeness (QED) is 0.520. The zero-order chi connectivity index (χ0) is 20.1. The smallest absolute Gasteiger partial charge is 0.336 e. The fourth-order valence-electron chi connectivity index (χ4n) is 2.47. The molecule has 0 saturated carbocycles. The largest absolute Gasteiger partial charge is 0.460 e. The highest BCUT2D eigenvalue weighted by molar-refractivity contribution is 6.42. The second-order valence-electron chi connectivity index (χ2n) is 5.98. The van der Waals surface area contributed by atoms with Gasteiger partial charge < -0.3 is 9.47 Å². The van der Waals surface area contributed by atoms with E-state index in [9.17, 15) is 4.79 Å². The molecule has 0 unspecified atom stereocenters. The molecule has 1 heterocycles. The van der Waals surface area contributed by atoms with Gasteiger partial charge in [0.15, 0.2) is 5.82 Å². The monoisotopic (exact) mass is 419 g/mol. The van der Waals surface area contributed by atoms with E-state index >= 15 is 0 Å². The minimum absolute atomic E-state index is 0.101. The number of benzene rings is 2. The summed E-state index contributed by atoms with van der Waals surface area (Å²) >= 11 is 12.0. The predicted molar refractivity (Wildman–Crippen MR) is 108 cm³/mol. The lowest BCUT2D eigenvalue weighted by molar-refractivity contribution is 0.0938. The van der Waals surface area contributed by atoms with Crippen molar-refractivity contribution in [2.24, 2.45) is 0 Å². The van der Waals surface area contributed by atoms with E-state index < -0.39 is 0 Å². The lowest BCUT2D eigenvalue weighted by Gasteiger charge is -2.06. The van der Waals surface area contributed by atoms with Crippen molar-refractivity contribution in [2.45, 2.75) is 13.8 Å². The molecule has 0 aliphatic carbocycles. The van der Waals surface area contributed by atoms with Crippen LogP contribution in [-0.4, -0.2) is 40.5 Å². The fourth-order valence-corrected chi connectivity index (χ4v) is 2.77. The minimum atomic E-state index is -0.388. The third-order valence-corrected chi connectivity index (χ3v) is 4.66. The third kappa shape index (κ3) is 4.70. The molecule has 28 heavy (non-hydrogen) atoms. The molecule has 0 bridgehead atoms. The molecule has 0 aliphatic heterocycles. The van der Waals surface area contributed by atoms with Gasteiger partial charge in [0.2, 0.25) is 0 Å². The van der Waals surface area contributed by atoms with Crippen LogP contribution in [0.3, 0.4) is 0 Å². The van der Waals surface area contributed by atoms with Crippen LogP contribution in [0.15, 0.2) is 42.5 Å². The Balaban J connectivity index is 1.96. The van der Waals surface area contributed by atoms with Crippen molar-refractivity contribution in [1.29, 1.82) is 0 Å². The molecule has 8 heteroatoms. The first-order chi connectivity index (χ1) is 13.5. The van der Waals surface area contributed by atoms with Gasteiger partial charge in [-0.1, -0.05) is 53.0 Å². The molecule has 0 amide bonds.